The van der Waals surface area contributed by atoms with Gasteiger partial charge < -0.3 is 5.32 Å². The van der Waals surface area contributed by atoms with Crippen molar-refractivity contribution in [3.8, 4) is 0 Å². The Labute approximate surface area is 101 Å². The standard InChI is InChI=1S/C14H29NO/c1-7-10(3)13(11(4)8-2)9-12(5)14(16)15-6/h10-13H,7-9H2,1-6H3,(H,15,16). The van der Waals surface area contributed by atoms with E-state index in [0.29, 0.717) is 17.8 Å². The van der Waals surface area contributed by atoms with Crippen LogP contribution in [0.15, 0.2) is 0 Å². The molecule has 2 heteroatoms. The van der Waals surface area contributed by atoms with Crippen molar-refractivity contribution in [2.45, 2.75) is 53.9 Å². The first-order chi connectivity index (χ1) is 7.47. The predicted octanol–water partition coefficient (Wildman–Crippen LogP) is 3.47. The second kappa shape index (κ2) is 7.70. The van der Waals surface area contributed by atoms with Gasteiger partial charge in [-0.25, -0.2) is 0 Å². The topological polar surface area (TPSA) is 29.1 Å². The smallest absolute Gasteiger partial charge is 0.222 e. The van der Waals surface area contributed by atoms with E-state index < -0.39 is 0 Å². The summed E-state index contributed by atoms with van der Waals surface area (Å²) in [6, 6.07) is 0. The molecule has 2 nitrogen and oxygen atoms in total. The molecule has 0 radical (unpaired) electrons. The fourth-order valence-corrected chi connectivity index (χ4v) is 2.39. The van der Waals surface area contributed by atoms with E-state index in [1.807, 2.05) is 6.92 Å². The van der Waals surface area contributed by atoms with Crippen LogP contribution in [0.1, 0.15) is 53.9 Å². The second-order valence-electron chi connectivity index (χ2n) is 5.19. The van der Waals surface area contributed by atoms with Crippen LogP contribution >= 0.6 is 0 Å². The van der Waals surface area contributed by atoms with Gasteiger partial charge in [0.15, 0.2) is 0 Å². The molecule has 0 rings (SSSR count). The summed E-state index contributed by atoms with van der Waals surface area (Å²) in [5.74, 6) is 2.40. The maximum atomic E-state index is 11.6. The second-order valence-corrected chi connectivity index (χ2v) is 5.19. The average Bonchev–Trinajstić information content (AvgIpc) is 2.32. The van der Waals surface area contributed by atoms with Crippen LogP contribution in [0.2, 0.25) is 0 Å². The van der Waals surface area contributed by atoms with E-state index in [-0.39, 0.29) is 11.8 Å². The van der Waals surface area contributed by atoms with Crippen molar-refractivity contribution in [1.82, 2.24) is 5.32 Å². The van der Waals surface area contributed by atoms with Crippen molar-refractivity contribution < 1.29 is 4.79 Å². The number of carbonyl (C=O) groups is 1. The zero-order valence-corrected chi connectivity index (χ0v) is 11.8. The van der Waals surface area contributed by atoms with Gasteiger partial charge in [-0.05, 0) is 24.2 Å². The number of rotatable bonds is 7. The monoisotopic (exact) mass is 227 g/mol. The highest BCUT2D eigenvalue weighted by molar-refractivity contribution is 5.77. The molecule has 16 heavy (non-hydrogen) atoms. The minimum Gasteiger partial charge on any atom is -0.359 e. The third-order valence-corrected chi connectivity index (χ3v) is 4.07. The van der Waals surface area contributed by atoms with Crippen LogP contribution in [0, 0.1) is 23.7 Å². The molecule has 0 aromatic rings. The Balaban J connectivity index is 4.48. The van der Waals surface area contributed by atoms with E-state index in [1.54, 1.807) is 7.05 Å². The van der Waals surface area contributed by atoms with Crippen molar-refractivity contribution in [1.29, 1.82) is 0 Å². The fourth-order valence-electron chi connectivity index (χ4n) is 2.39. The van der Waals surface area contributed by atoms with Gasteiger partial charge in [0, 0.05) is 13.0 Å². The molecule has 1 N–H and O–H groups in total. The quantitative estimate of drug-likeness (QED) is 0.709. The van der Waals surface area contributed by atoms with Gasteiger partial charge >= 0.3 is 0 Å². The highest BCUT2D eigenvalue weighted by atomic mass is 16.1. The zero-order chi connectivity index (χ0) is 12.7. The van der Waals surface area contributed by atoms with Crippen LogP contribution in [-0.2, 0) is 4.79 Å². The Morgan fingerprint density at radius 2 is 1.50 bits per heavy atom. The summed E-state index contributed by atoms with van der Waals surface area (Å²) in [5, 5.41) is 2.75. The summed E-state index contributed by atoms with van der Waals surface area (Å²) in [6.07, 6.45) is 3.43. The lowest BCUT2D eigenvalue weighted by Crippen LogP contribution is -2.30. The number of nitrogens with one attached hydrogen (secondary N) is 1. The van der Waals surface area contributed by atoms with Crippen LogP contribution in [-0.4, -0.2) is 13.0 Å². The fraction of sp³-hybridized carbons (Fsp3) is 0.929. The Hall–Kier alpha value is -0.530. The maximum Gasteiger partial charge on any atom is 0.222 e. The summed E-state index contributed by atoms with van der Waals surface area (Å²) in [6.45, 7) is 11.1. The van der Waals surface area contributed by atoms with E-state index in [9.17, 15) is 4.79 Å². The zero-order valence-electron chi connectivity index (χ0n) is 11.8. The summed E-state index contributed by atoms with van der Waals surface area (Å²) in [5.41, 5.74) is 0. The minimum atomic E-state index is 0.137. The molecule has 0 saturated carbocycles. The van der Waals surface area contributed by atoms with E-state index in [1.165, 1.54) is 12.8 Å². The van der Waals surface area contributed by atoms with E-state index >= 15 is 0 Å². The van der Waals surface area contributed by atoms with Gasteiger partial charge in [-0.1, -0.05) is 47.5 Å². The van der Waals surface area contributed by atoms with Crippen LogP contribution in [0.3, 0.4) is 0 Å². The van der Waals surface area contributed by atoms with Gasteiger partial charge in [-0.3, -0.25) is 4.79 Å². The van der Waals surface area contributed by atoms with Crippen LogP contribution in [0.5, 0.6) is 0 Å². The van der Waals surface area contributed by atoms with E-state index in [0.717, 1.165) is 6.42 Å². The number of hydrogen-bond acceptors (Lipinski definition) is 1. The normalized spacial score (nSPS) is 18.6. The van der Waals surface area contributed by atoms with Crippen molar-refractivity contribution >= 4 is 5.91 Å². The largest absolute Gasteiger partial charge is 0.359 e. The lowest BCUT2D eigenvalue weighted by Gasteiger charge is -2.30. The average molecular weight is 227 g/mol. The number of hydrogen-bond donors (Lipinski definition) is 1. The van der Waals surface area contributed by atoms with E-state index in [4.69, 9.17) is 0 Å². The summed E-state index contributed by atoms with van der Waals surface area (Å²) in [4.78, 5) is 11.6. The molecule has 0 fully saturated rings. The molecule has 0 aliphatic rings. The summed E-state index contributed by atoms with van der Waals surface area (Å²) in [7, 11) is 1.72. The van der Waals surface area contributed by atoms with Gasteiger partial charge in [0.1, 0.15) is 0 Å². The molecule has 0 bridgehead atoms. The Bertz CT molecular complexity index is 193. The number of carbonyl (C=O) groups excluding carboxylic acids is 1. The van der Waals surface area contributed by atoms with Crippen molar-refractivity contribution in [3.05, 3.63) is 0 Å². The third kappa shape index (κ3) is 4.54. The molecular weight excluding hydrogens is 198 g/mol. The van der Waals surface area contributed by atoms with Gasteiger partial charge in [0.2, 0.25) is 5.91 Å². The Kier molecular flexibility index (Phi) is 7.44. The van der Waals surface area contributed by atoms with Gasteiger partial charge in [0.25, 0.3) is 0 Å². The highest BCUT2D eigenvalue weighted by Crippen LogP contribution is 2.31. The molecule has 3 unspecified atom stereocenters. The molecule has 96 valence electrons. The molecule has 0 aromatic heterocycles. The highest BCUT2D eigenvalue weighted by Gasteiger charge is 2.25. The summed E-state index contributed by atoms with van der Waals surface area (Å²) >= 11 is 0. The Morgan fingerprint density at radius 3 is 1.81 bits per heavy atom. The molecule has 3 atom stereocenters. The minimum absolute atomic E-state index is 0.137. The molecule has 0 saturated heterocycles. The molecule has 1 amide bonds. The van der Waals surface area contributed by atoms with Crippen molar-refractivity contribution in [3.63, 3.8) is 0 Å². The van der Waals surface area contributed by atoms with Crippen molar-refractivity contribution in [2.75, 3.05) is 7.05 Å². The first kappa shape index (κ1) is 15.5. The van der Waals surface area contributed by atoms with Gasteiger partial charge in [-0.15, -0.1) is 0 Å². The van der Waals surface area contributed by atoms with Gasteiger partial charge in [0.05, 0.1) is 0 Å². The number of amides is 1. The lowest BCUT2D eigenvalue weighted by atomic mass is 9.75. The van der Waals surface area contributed by atoms with Crippen LogP contribution in [0.25, 0.3) is 0 Å². The SMILES string of the molecule is CCC(C)C(CC(C)C(=O)NC)C(C)CC. The first-order valence-corrected chi connectivity index (χ1v) is 6.69. The molecule has 0 spiro atoms. The van der Waals surface area contributed by atoms with E-state index in [2.05, 4.69) is 33.0 Å². The predicted molar refractivity (Wildman–Crippen MR) is 70.2 cm³/mol. The van der Waals surface area contributed by atoms with Crippen LogP contribution in [0.4, 0.5) is 0 Å². The Morgan fingerprint density at radius 1 is 1.06 bits per heavy atom. The molecular formula is C14H29NO. The molecule has 0 aliphatic heterocycles. The van der Waals surface area contributed by atoms with Gasteiger partial charge in [-0.2, -0.15) is 0 Å². The third-order valence-electron chi connectivity index (χ3n) is 4.07. The first-order valence-electron chi connectivity index (χ1n) is 6.69. The lowest BCUT2D eigenvalue weighted by molar-refractivity contribution is -0.124. The molecule has 0 aromatic carbocycles. The van der Waals surface area contributed by atoms with Crippen molar-refractivity contribution in [2.24, 2.45) is 23.7 Å². The molecule has 0 aliphatic carbocycles. The molecule has 0 heterocycles. The maximum absolute atomic E-state index is 11.6. The summed E-state index contributed by atoms with van der Waals surface area (Å²) < 4.78 is 0. The van der Waals surface area contributed by atoms with Crippen LogP contribution < -0.4 is 5.32 Å².